The van der Waals surface area contributed by atoms with Crippen LogP contribution in [-0.2, 0) is 9.53 Å². The number of morpholine rings is 1. The molecule has 3 rings (SSSR count). The Balaban J connectivity index is 1.65. The van der Waals surface area contributed by atoms with Gasteiger partial charge >= 0.3 is 0 Å². The summed E-state index contributed by atoms with van der Waals surface area (Å²) >= 11 is 0. The van der Waals surface area contributed by atoms with E-state index in [0.29, 0.717) is 31.1 Å². The van der Waals surface area contributed by atoms with E-state index in [0.717, 1.165) is 19.6 Å². The van der Waals surface area contributed by atoms with Gasteiger partial charge in [0.15, 0.2) is 11.9 Å². The smallest absolute Gasteiger partial charge is 0.273 e. The summed E-state index contributed by atoms with van der Waals surface area (Å²) in [7, 11) is 0. The number of nitro benzene ring substituents is 1. The van der Waals surface area contributed by atoms with Gasteiger partial charge in [-0.3, -0.25) is 19.8 Å². The van der Waals surface area contributed by atoms with Crippen LogP contribution in [0.15, 0.2) is 18.2 Å². The van der Waals surface area contributed by atoms with E-state index < -0.39 is 11.0 Å². The lowest BCUT2D eigenvalue weighted by molar-refractivity contribution is -0.384. The van der Waals surface area contributed by atoms with Gasteiger partial charge in [0.2, 0.25) is 0 Å². The molecule has 22 heavy (non-hydrogen) atoms. The number of rotatable bonds is 4. The van der Waals surface area contributed by atoms with E-state index in [2.05, 4.69) is 10.2 Å². The van der Waals surface area contributed by atoms with E-state index >= 15 is 0 Å². The number of nitrogens with one attached hydrogen (secondary N) is 1. The molecule has 1 N–H and O–H groups in total. The molecule has 0 spiro atoms. The van der Waals surface area contributed by atoms with Gasteiger partial charge in [-0.05, 0) is 6.07 Å². The van der Waals surface area contributed by atoms with Gasteiger partial charge in [-0.15, -0.1) is 0 Å². The molecule has 1 aromatic rings. The van der Waals surface area contributed by atoms with Crippen LogP contribution in [0.3, 0.4) is 0 Å². The first-order valence-electron chi connectivity index (χ1n) is 7.19. The Bertz CT molecular complexity index is 586. The maximum Gasteiger partial charge on any atom is 0.273 e. The minimum absolute atomic E-state index is 0.0539. The van der Waals surface area contributed by atoms with E-state index in [-0.39, 0.29) is 11.6 Å². The lowest BCUT2D eigenvalue weighted by Crippen LogP contribution is -2.42. The Morgan fingerprint density at radius 2 is 2.14 bits per heavy atom. The predicted molar refractivity (Wildman–Crippen MR) is 78.0 cm³/mol. The quantitative estimate of drug-likeness (QED) is 0.659. The van der Waals surface area contributed by atoms with Crippen LogP contribution in [0, 0.1) is 10.1 Å². The number of hydrogen-bond donors (Lipinski definition) is 1. The number of anilines is 1. The van der Waals surface area contributed by atoms with Crippen molar-refractivity contribution in [1.29, 1.82) is 0 Å². The van der Waals surface area contributed by atoms with Crippen LogP contribution in [0.4, 0.5) is 11.4 Å². The van der Waals surface area contributed by atoms with Crippen molar-refractivity contribution in [2.45, 2.75) is 12.5 Å². The SMILES string of the molecule is O=C1Nc2ccc([N+](=O)[O-])cc2O[C@H]1CCN1CCOCC1. The normalized spacial score (nSPS) is 21.6. The van der Waals surface area contributed by atoms with Crippen molar-refractivity contribution < 1.29 is 19.2 Å². The second-order valence-electron chi connectivity index (χ2n) is 5.28. The topological polar surface area (TPSA) is 93.9 Å². The van der Waals surface area contributed by atoms with E-state index in [1.54, 1.807) is 0 Å². The highest BCUT2D eigenvalue weighted by atomic mass is 16.6. The number of hydrogen-bond acceptors (Lipinski definition) is 6. The summed E-state index contributed by atoms with van der Waals surface area (Å²) in [5, 5.41) is 13.5. The zero-order valence-electron chi connectivity index (χ0n) is 12.0. The number of ether oxygens (including phenoxy) is 2. The summed E-state index contributed by atoms with van der Waals surface area (Å²) < 4.78 is 10.9. The van der Waals surface area contributed by atoms with Crippen molar-refractivity contribution in [3.63, 3.8) is 0 Å². The van der Waals surface area contributed by atoms with Crippen molar-refractivity contribution >= 4 is 17.3 Å². The molecule has 0 aliphatic carbocycles. The molecule has 1 fully saturated rings. The minimum Gasteiger partial charge on any atom is -0.478 e. The number of benzene rings is 1. The van der Waals surface area contributed by atoms with Crippen molar-refractivity contribution in [3.8, 4) is 5.75 Å². The molecule has 2 heterocycles. The molecule has 8 heteroatoms. The summed E-state index contributed by atoms with van der Waals surface area (Å²) in [5.74, 6) is 0.135. The third-order valence-corrected chi connectivity index (χ3v) is 3.81. The summed E-state index contributed by atoms with van der Waals surface area (Å²) in [6.45, 7) is 3.82. The number of fused-ring (bicyclic) bond motifs is 1. The monoisotopic (exact) mass is 307 g/mol. The first kappa shape index (κ1) is 14.7. The van der Waals surface area contributed by atoms with E-state index in [9.17, 15) is 14.9 Å². The number of carbonyl (C=O) groups is 1. The summed E-state index contributed by atoms with van der Waals surface area (Å²) in [4.78, 5) is 24.6. The second kappa shape index (κ2) is 6.29. The fourth-order valence-electron chi connectivity index (χ4n) is 2.56. The number of carbonyl (C=O) groups excluding carboxylic acids is 1. The molecule has 0 aromatic heterocycles. The van der Waals surface area contributed by atoms with Crippen LogP contribution in [0.5, 0.6) is 5.75 Å². The molecule has 1 atom stereocenters. The Kier molecular flexibility index (Phi) is 4.21. The van der Waals surface area contributed by atoms with Gasteiger partial charge in [-0.2, -0.15) is 0 Å². The lowest BCUT2D eigenvalue weighted by Gasteiger charge is -2.30. The third-order valence-electron chi connectivity index (χ3n) is 3.81. The molecule has 1 amide bonds. The average Bonchev–Trinajstić information content (AvgIpc) is 2.53. The highest BCUT2D eigenvalue weighted by Crippen LogP contribution is 2.33. The lowest BCUT2D eigenvalue weighted by atomic mass is 10.1. The van der Waals surface area contributed by atoms with Crippen LogP contribution < -0.4 is 10.1 Å². The largest absolute Gasteiger partial charge is 0.478 e. The number of nitro groups is 1. The molecule has 1 saturated heterocycles. The highest BCUT2D eigenvalue weighted by molar-refractivity contribution is 5.97. The maximum atomic E-state index is 12.0. The van der Waals surface area contributed by atoms with Gasteiger partial charge in [0.25, 0.3) is 11.6 Å². The van der Waals surface area contributed by atoms with Crippen molar-refractivity contribution in [2.24, 2.45) is 0 Å². The van der Waals surface area contributed by atoms with Crippen LogP contribution >= 0.6 is 0 Å². The van der Waals surface area contributed by atoms with Gasteiger partial charge in [-0.1, -0.05) is 0 Å². The molecule has 0 radical (unpaired) electrons. The summed E-state index contributed by atoms with van der Waals surface area (Å²) in [6, 6.07) is 4.18. The molecule has 1 aromatic carbocycles. The fourth-order valence-corrected chi connectivity index (χ4v) is 2.56. The van der Waals surface area contributed by atoms with Crippen LogP contribution in [0.25, 0.3) is 0 Å². The molecular weight excluding hydrogens is 290 g/mol. The summed E-state index contributed by atoms with van der Waals surface area (Å²) in [5.41, 5.74) is 0.417. The standard InChI is InChI=1S/C14H17N3O5/c18-14-12(3-4-16-5-7-21-8-6-16)22-13-9-10(17(19)20)1-2-11(13)15-14/h1-2,9,12H,3-8H2,(H,15,18)/t12-/m0/s1. The molecule has 0 saturated carbocycles. The zero-order chi connectivity index (χ0) is 15.5. The first-order chi connectivity index (χ1) is 10.6. The molecule has 8 nitrogen and oxygen atoms in total. The Labute approximate surface area is 127 Å². The van der Waals surface area contributed by atoms with E-state index in [4.69, 9.17) is 9.47 Å². The highest BCUT2D eigenvalue weighted by Gasteiger charge is 2.29. The first-order valence-corrected chi connectivity index (χ1v) is 7.19. The van der Waals surface area contributed by atoms with Crippen LogP contribution in [0.1, 0.15) is 6.42 Å². The van der Waals surface area contributed by atoms with Gasteiger partial charge in [-0.25, -0.2) is 0 Å². The molecule has 0 unspecified atom stereocenters. The molecule has 0 bridgehead atoms. The Hall–Kier alpha value is -2.19. The predicted octanol–water partition coefficient (Wildman–Crippen LogP) is 1.02. The Morgan fingerprint density at radius 3 is 2.86 bits per heavy atom. The fraction of sp³-hybridized carbons (Fsp3) is 0.500. The molecule has 2 aliphatic heterocycles. The van der Waals surface area contributed by atoms with Crippen LogP contribution in [0.2, 0.25) is 0 Å². The van der Waals surface area contributed by atoms with Crippen molar-refractivity contribution in [1.82, 2.24) is 4.90 Å². The van der Waals surface area contributed by atoms with Crippen LogP contribution in [-0.4, -0.2) is 54.7 Å². The summed E-state index contributed by atoms with van der Waals surface area (Å²) in [6.07, 6.45) is -0.0918. The average molecular weight is 307 g/mol. The Morgan fingerprint density at radius 1 is 1.36 bits per heavy atom. The van der Waals surface area contributed by atoms with E-state index in [1.165, 1.54) is 18.2 Å². The second-order valence-corrected chi connectivity index (χ2v) is 5.28. The number of amides is 1. The number of nitrogens with zero attached hydrogens (tertiary/aromatic N) is 2. The number of non-ortho nitro benzene ring substituents is 1. The molecule has 118 valence electrons. The third kappa shape index (κ3) is 3.18. The van der Waals surface area contributed by atoms with Gasteiger partial charge in [0, 0.05) is 32.1 Å². The van der Waals surface area contributed by atoms with Crippen molar-refractivity contribution in [3.05, 3.63) is 28.3 Å². The zero-order valence-corrected chi connectivity index (χ0v) is 12.0. The van der Waals surface area contributed by atoms with Gasteiger partial charge in [0.05, 0.1) is 29.9 Å². The van der Waals surface area contributed by atoms with Crippen molar-refractivity contribution in [2.75, 3.05) is 38.2 Å². The van der Waals surface area contributed by atoms with Gasteiger partial charge in [0.1, 0.15) is 0 Å². The minimum atomic E-state index is -0.627. The maximum absolute atomic E-state index is 12.0. The van der Waals surface area contributed by atoms with Gasteiger partial charge < -0.3 is 14.8 Å². The van der Waals surface area contributed by atoms with E-state index in [1.807, 2.05) is 0 Å². The molecular formula is C14H17N3O5. The molecule has 2 aliphatic rings.